The number of rotatable bonds is 17. The molecule has 3 aromatic carbocycles. The number of halogens is 4. The maximum atomic E-state index is 13.3. The molecule has 1 saturated heterocycles. The molecule has 13 nitrogen and oxygen atoms in total. The third-order valence-electron chi connectivity index (χ3n) is 9.52. The predicted octanol–water partition coefficient (Wildman–Crippen LogP) is 7.95. The number of nitrogens with one attached hydrogen (secondary N) is 3. The van der Waals surface area contributed by atoms with E-state index in [0.717, 1.165) is 43.5 Å². The van der Waals surface area contributed by atoms with Gasteiger partial charge in [-0.15, -0.1) is 12.4 Å². The van der Waals surface area contributed by atoms with Crippen LogP contribution in [0.15, 0.2) is 72.8 Å². The van der Waals surface area contributed by atoms with Gasteiger partial charge in [-0.25, -0.2) is 4.79 Å². The third-order valence-corrected chi connectivity index (χ3v) is 9.52. The van der Waals surface area contributed by atoms with Crippen molar-refractivity contribution < 1.29 is 61.2 Å². The molecule has 6 atom stereocenters. The highest BCUT2D eigenvalue weighted by Crippen LogP contribution is 2.33. The lowest BCUT2D eigenvalue weighted by atomic mass is 9.92. The number of benzene rings is 3. The largest absolute Gasteiger partial charge is 0.505 e. The molecule has 0 aromatic heterocycles. The Morgan fingerprint density at radius 1 is 0.918 bits per heavy atom. The van der Waals surface area contributed by atoms with Crippen molar-refractivity contribution in [3.63, 3.8) is 0 Å². The molecule has 1 aliphatic rings. The summed E-state index contributed by atoms with van der Waals surface area (Å²) in [6.07, 6.45) is -3.75. The number of hydrogen-bond acceptors (Lipinski definition) is 11. The number of para-hydroxylation sites is 1. The molecule has 3 aromatic rings. The minimum Gasteiger partial charge on any atom is -0.505 e. The zero-order chi connectivity index (χ0) is 44.4. The number of esters is 3. The first-order valence-electron chi connectivity index (χ1n) is 20.0. The van der Waals surface area contributed by atoms with Gasteiger partial charge >= 0.3 is 24.1 Å². The average molecular weight is 880 g/mol. The molecule has 1 fully saturated rings. The van der Waals surface area contributed by atoms with Gasteiger partial charge in [0.25, 0.3) is 5.91 Å². The number of hydrogen-bond donors (Lipinski definition) is 4. The van der Waals surface area contributed by atoms with E-state index >= 15 is 0 Å². The summed E-state index contributed by atoms with van der Waals surface area (Å²) < 4.78 is 60.4. The highest BCUT2D eigenvalue weighted by atomic mass is 35.5. The molecule has 0 aliphatic carbocycles. The third kappa shape index (κ3) is 16.2. The van der Waals surface area contributed by atoms with E-state index in [9.17, 15) is 42.3 Å². The summed E-state index contributed by atoms with van der Waals surface area (Å²) in [6.45, 7) is 9.45. The molecule has 4 N–H and O–H groups in total. The summed E-state index contributed by atoms with van der Waals surface area (Å²) in [5, 5.41) is 18.2. The molecular formula is C44H57ClF3N3O10. The number of aromatic hydroxyl groups is 1. The van der Waals surface area contributed by atoms with Crippen LogP contribution >= 0.6 is 12.4 Å². The lowest BCUT2D eigenvalue weighted by Gasteiger charge is -2.29. The molecule has 0 spiro atoms. The lowest BCUT2D eigenvalue weighted by molar-refractivity contribution is -0.175. The van der Waals surface area contributed by atoms with E-state index in [1.807, 2.05) is 58.2 Å². The van der Waals surface area contributed by atoms with Crippen LogP contribution in [0, 0.1) is 11.8 Å². The Morgan fingerprint density at radius 3 is 2.16 bits per heavy atom. The van der Waals surface area contributed by atoms with E-state index in [1.54, 1.807) is 0 Å². The smallest absolute Gasteiger partial charge is 0.416 e. The fourth-order valence-corrected chi connectivity index (χ4v) is 6.35. The van der Waals surface area contributed by atoms with E-state index in [4.69, 9.17) is 18.9 Å². The van der Waals surface area contributed by atoms with E-state index < -0.39 is 71.6 Å². The Morgan fingerprint density at radius 2 is 1.57 bits per heavy atom. The fourth-order valence-electron chi connectivity index (χ4n) is 6.35. The highest BCUT2D eigenvalue weighted by Gasteiger charge is 2.44. The number of unbranched alkanes of at least 4 members (excludes halogenated alkanes) is 2. The van der Waals surface area contributed by atoms with Crippen LogP contribution in [-0.2, 0) is 39.6 Å². The second kappa shape index (κ2) is 25.4. The van der Waals surface area contributed by atoms with Gasteiger partial charge < -0.3 is 40.0 Å². The van der Waals surface area contributed by atoms with Crippen molar-refractivity contribution in [2.75, 3.05) is 18.9 Å². The normalized spacial score (nSPS) is 19.5. The van der Waals surface area contributed by atoms with Crippen molar-refractivity contribution in [3.8, 4) is 11.5 Å². The van der Waals surface area contributed by atoms with Crippen molar-refractivity contribution in [3.05, 3.63) is 89.5 Å². The molecule has 4 rings (SSSR count). The monoisotopic (exact) mass is 879 g/mol. The van der Waals surface area contributed by atoms with Gasteiger partial charge in [0.2, 0.25) is 6.41 Å². The van der Waals surface area contributed by atoms with Gasteiger partial charge in [-0.1, -0.05) is 76.4 Å². The molecule has 61 heavy (non-hydrogen) atoms. The van der Waals surface area contributed by atoms with Crippen LogP contribution in [0.5, 0.6) is 11.5 Å². The predicted molar refractivity (Wildman–Crippen MR) is 224 cm³/mol. The second-order valence-corrected chi connectivity index (χ2v) is 14.8. The van der Waals surface area contributed by atoms with Crippen LogP contribution in [0.3, 0.4) is 0 Å². The van der Waals surface area contributed by atoms with E-state index in [1.165, 1.54) is 44.2 Å². The molecule has 0 bridgehead atoms. The maximum absolute atomic E-state index is 13.3. The fraction of sp³-hybridized carbons (Fsp3) is 0.477. The minimum atomic E-state index is -4.33. The van der Waals surface area contributed by atoms with Gasteiger partial charge in [0, 0.05) is 12.8 Å². The van der Waals surface area contributed by atoms with Crippen molar-refractivity contribution in [1.82, 2.24) is 10.6 Å². The second-order valence-electron chi connectivity index (χ2n) is 14.8. The van der Waals surface area contributed by atoms with Gasteiger partial charge in [0.15, 0.2) is 17.9 Å². The van der Waals surface area contributed by atoms with Crippen LogP contribution in [0.25, 0.3) is 0 Å². The summed E-state index contributed by atoms with van der Waals surface area (Å²) in [7, 11) is 1.85. The molecule has 2 amide bonds. The first kappa shape index (κ1) is 51.8. The number of phenolic OH excluding ortho intramolecular Hbond substituents is 1. The summed E-state index contributed by atoms with van der Waals surface area (Å²) in [5.74, 6) is -3.85. The first-order chi connectivity index (χ1) is 28.5. The molecule has 6 unspecified atom stereocenters. The molecule has 17 heteroatoms. The average Bonchev–Trinajstić information content (AvgIpc) is 3.22. The van der Waals surface area contributed by atoms with Crippen LogP contribution in [0.2, 0.25) is 0 Å². The van der Waals surface area contributed by atoms with Gasteiger partial charge in [0.05, 0.1) is 22.7 Å². The zero-order valence-electron chi connectivity index (χ0n) is 35.2. The molecule has 1 heterocycles. The number of cyclic esters (lactones) is 2. The standard InChI is InChI=1S/C27H38N2O9.C17H18F3NO.ClH/c1-6-7-8-10-19-24(38-21(31)13-15(2)3)17(5)37-27(35)22(16(4)36-26(19)34)29-25(33)18-11-9-12-20(23(18)32)28-14-30;1-21-12-11-16(13-5-3-2-4-6-13)22-15-9-7-14(8-10-15)17(18,19)20;/h9,11-12,14-17,19,22,24,32H,6-8,10,13H2,1-5H3,(H,28,30)(H,29,33);2-10,16,21H,11-12H2,1H3;1H. The SMILES string of the molecule is CCCCCC1C(=O)OC(C)C(NC(=O)c2cccc(NC=O)c2O)C(=O)OC(C)C1OC(=O)CC(C)C.CNCCC(Oc1ccc(C(F)(F)F)cc1)c1ccccc1.Cl. The van der Waals surface area contributed by atoms with Gasteiger partial charge in [-0.2, -0.15) is 13.2 Å². The summed E-state index contributed by atoms with van der Waals surface area (Å²) in [5.41, 5.74) is 0.108. The van der Waals surface area contributed by atoms with Crippen LogP contribution in [-0.4, -0.2) is 73.3 Å². The van der Waals surface area contributed by atoms with Crippen LogP contribution in [0.1, 0.15) is 101 Å². The number of phenols is 1. The van der Waals surface area contributed by atoms with Gasteiger partial charge in [-0.05, 0) is 81.7 Å². The van der Waals surface area contributed by atoms with Crippen molar-refractivity contribution in [2.45, 2.75) is 110 Å². The van der Waals surface area contributed by atoms with Gasteiger partial charge in [-0.3, -0.25) is 19.2 Å². The van der Waals surface area contributed by atoms with Crippen LogP contribution < -0.4 is 20.7 Å². The molecule has 0 radical (unpaired) electrons. The molecule has 1 aliphatic heterocycles. The number of ether oxygens (including phenoxy) is 4. The summed E-state index contributed by atoms with van der Waals surface area (Å²) >= 11 is 0. The molecule has 0 saturated carbocycles. The Labute approximate surface area is 360 Å². The van der Waals surface area contributed by atoms with Crippen molar-refractivity contribution in [1.29, 1.82) is 0 Å². The Hall–Kier alpha value is -5.35. The highest BCUT2D eigenvalue weighted by molar-refractivity contribution is 6.01. The quantitative estimate of drug-likeness (QED) is 0.0340. The Kier molecular flexibility index (Phi) is 21.6. The maximum Gasteiger partial charge on any atom is 0.416 e. The van der Waals surface area contributed by atoms with Gasteiger partial charge in [0.1, 0.15) is 24.1 Å². The molecule has 336 valence electrons. The summed E-state index contributed by atoms with van der Waals surface area (Å²) in [4.78, 5) is 62.7. The first-order valence-corrected chi connectivity index (χ1v) is 20.0. The molecular weight excluding hydrogens is 823 g/mol. The number of carbonyl (C=O) groups excluding carboxylic acids is 5. The van der Waals surface area contributed by atoms with Crippen molar-refractivity contribution >= 4 is 48.3 Å². The van der Waals surface area contributed by atoms with E-state index in [2.05, 4.69) is 16.0 Å². The number of anilines is 1. The number of alkyl halides is 3. The summed E-state index contributed by atoms with van der Waals surface area (Å²) in [6, 6.07) is 17.1. The lowest BCUT2D eigenvalue weighted by Crippen LogP contribution is -2.50. The Bertz CT molecular complexity index is 1850. The number of carbonyl (C=O) groups is 5. The zero-order valence-corrected chi connectivity index (χ0v) is 36.0. The van der Waals surface area contributed by atoms with E-state index in [0.29, 0.717) is 25.0 Å². The van der Waals surface area contributed by atoms with Crippen LogP contribution in [0.4, 0.5) is 18.9 Å². The van der Waals surface area contributed by atoms with E-state index in [-0.39, 0.29) is 42.1 Å². The number of amides is 2. The topological polar surface area (TPSA) is 179 Å². The minimum absolute atomic E-state index is 0. The Balaban J connectivity index is 0.000000472. The van der Waals surface area contributed by atoms with Crippen molar-refractivity contribution in [2.24, 2.45) is 11.8 Å².